The van der Waals surface area contributed by atoms with Crippen molar-refractivity contribution in [3.8, 4) is 0 Å². The Labute approximate surface area is 124 Å². The standard InChI is InChI=1S/C12H12N10/c1-7-3-9-17-13-5-21(9)11(15-7)19-20-12-16-8(2)4-10-18-14-6-22(10)12/h3-6H,1-2H3,(H,15,19)(H,16,20). The Morgan fingerprint density at radius 3 is 1.68 bits per heavy atom. The molecule has 4 heterocycles. The van der Waals surface area contributed by atoms with E-state index in [0.29, 0.717) is 23.2 Å². The Hall–Kier alpha value is -3.30. The molecule has 0 atom stereocenters. The summed E-state index contributed by atoms with van der Waals surface area (Å²) in [7, 11) is 0. The smallest absolute Gasteiger partial charge is 0.229 e. The fraction of sp³-hybridized carbons (Fsp3) is 0.167. The van der Waals surface area contributed by atoms with Crippen LogP contribution in [0.1, 0.15) is 11.4 Å². The van der Waals surface area contributed by atoms with Crippen LogP contribution in [0.3, 0.4) is 0 Å². The molecule has 10 heteroatoms. The van der Waals surface area contributed by atoms with E-state index in [9.17, 15) is 0 Å². The average molecular weight is 296 g/mol. The van der Waals surface area contributed by atoms with Gasteiger partial charge < -0.3 is 0 Å². The number of aryl methyl sites for hydroxylation is 2. The molecule has 0 saturated heterocycles. The summed E-state index contributed by atoms with van der Waals surface area (Å²) in [5.74, 6) is 1.12. The molecule has 4 aromatic rings. The Kier molecular flexibility index (Phi) is 2.61. The summed E-state index contributed by atoms with van der Waals surface area (Å²) in [6, 6.07) is 3.70. The number of fused-ring (bicyclic) bond motifs is 2. The first kappa shape index (κ1) is 12.4. The average Bonchev–Trinajstić information content (AvgIpc) is 3.12. The Morgan fingerprint density at radius 2 is 1.23 bits per heavy atom. The van der Waals surface area contributed by atoms with Gasteiger partial charge in [-0.2, -0.15) is 0 Å². The first-order chi connectivity index (χ1) is 10.7. The van der Waals surface area contributed by atoms with E-state index in [-0.39, 0.29) is 0 Å². The highest BCUT2D eigenvalue weighted by atomic mass is 15.5. The van der Waals surface area contributed by atoms with Crippen LogP contribution in [-0.4, -0.2) is 39.2 Å². The minimum absolute atomic E-state index is 0.560. The third-order valence-electron chi connectivity index (χ3n) is 3.13. The van der Waals surface area contributed by atoms with Gasteiger partial charge in [-0.05, 0) is 13.8 Å². The van der Waals surface area contributed by atoms with Crippen LogP contribution in [0.4, 0.5) is 11.9 Å². The van der Waals surface area contributed by atoms with E-state index in [0.717, 1.165) is 11.4 Å². The normalized spacial score (nSPS) is 11.2. The van der Waals surface area contributed by atoms with Crippen LogP contribution >= 0.6 is 0 Å². The van der Waals surface area contributed by atoms with Gasteiger partial charge in [-0.1, -0.05) is 0 Å². The zero-order valence-electron chi connectivity index (χ0n) is 11.9. The molecule has 0 spiro atoms. The lowest BCUT2D eigenvalue weighted by molar-refractivity contribution is 0.997. The van der Waals surface area contributed by atoms with Crippen molar-refractivity contribution >= 4 is 23.2 Å². The number of nitrogens with one attached hydrogen (secondary N) is 2. The molecule has 22 heavy (non-hydrogen) atoms. The summed E-state index contributed by atoms with van der Waals surface area (Å²) < 4.78 is 3.47. The van der Waals surface area contributed by atoms with Crippen LogP contribution in [0.25, 0.3) is 11.3 Å². The van der Waals surface area contributed by atoms with E-state index in [2.05, 4.69) is 41.2 Å². The van der Waals surface area contributed by atoms with Crippen LogP contribution < -0.4 is 10.9 Å². The lowest BCUT2D eigenvalue weighted by Gasteiger charge is -2.11. The number of hydrogen-bond acceptors (Lipinski definition) is 8. The van der Waals surface area contributed by atoms with E-state index in [1.807, 2.05) is 26.0 Å². The maximum Gasteiger partial charge on any atom is 0.229 e. The number of anilines is 2. The van der Waals surface area contributed by atoms with Gasteiger partial charge in [-0.15, -0.1) is 20.4 Å². The second-order valence-electron chi connectivity index (χ2n) is 4.81. The van der Waals surface area contributed by atoms with Crippen molar-refractivity contribution in [2.75, 3.05) is 10.9 Å². The van der Waals surface area contributed by atoms with Gasteiger partial charge in [-0.3, -0.25) is 10.9 Å². The Balaban J connectivity index is 1.71. The predicted molar refractivity (Wildman–Crippen MR) is 78.3 cm³/mol. The molecule has 0 fully saturated rings. The summed E-state index contributed by atoms with van der Waals surface area (Å²) in [5.41, 5.74) is 9.13. The molecule has 0 aliphatic rings. The van der Waals surface area contributed by atoms with Gasteiger partial charge in [0.05, 0.1) is 0 Å². The van der Waals surface area contributed by atoms with Crippen LogP contribution in [-0.2, 0) is 0 Å². The lowest BCUT2D eigenvalue weighted by Crippen LogP contribution is -2.17. The van der Waals surface area contributed by atoms with Crippen molar-refractivity contribution in [3.63, 3.8) is 0 Å². The van der Waals surface area contributed by atoms with Crippen molar-refractivity contribution in [1.29, 1.82) is 0 Å². The van der Waals surface area contributed by atoms with E-state index in [4.69, 9.17) is 0 Å². The van der Waals surface area contributed by atoms with Crippen molar-refractivity contribution in [2.45, 2.75) is 13.8 Å². The van der Waals surface area contributed by atoms with Crippen molar-refractivity contribution < 1.29 is 0 Å². The second kappa shape index (κ2) is 4.62. The van der Waals surface area contributed by atoms with Crippen LogP contribution in [0, 0.1) is 13.8 Å². The van der Waals surface area contributed by atoms with Gasteiger partial charge in [0.25, 0.3) is 0 Å². The molecule has 110 valence electrons. The zero-order chi connectivity index (χ0) is 15.1. The van der Waals surface area contributed by atoms with Crippen molar-refractivity contribution in [1.82, 2.24) is 39.2 Å². The van der Waals surface area contributed by atoms with Gasteiger partial charge in [-0.25, -0.2) is 18.8 Å². The molecular formula is C12H12N10. The van der Waals surface area contributed by atoms with Crippen molar-refractivity contribution in [3.05, 3.63) is 36.2 Å². The topological polar surface area (TPSA) is 110 Å². The summed E-state index contributed by atoms with van der Waals surface area (Å²) >= 11 is 0. The first-order valence-electron chi connectivity index (χ1n) is 6.57. The van der Waals surface area contributed by atoms with Crippen LogP contribution in [0.15, 0.2) is 24.8 Å². The summed E-state index contributed by atoms with van der Waals surface area (Å²) in [6.07, 6.45) is 3.17. The van der Waals surface area contributed by atoms with E-state index in [1.165, 1.54) is 0 Å². The fourth-order valence-corrected chi connectivity index (χ4v) is 2.18. The molecule has 0 aliphatic heterocycles. The van der Waals surface area contributed by atoms with Gasteiger partial charge in [0, 0.05) is 23.5 Å². The number of rotatable bonds is 3. The fourth-order valence-electron chi connectivity index (χ4n) is 2.18. The molecule has 0 amide bonds. The van der Waals surface area contributed by atoms with Gasteiger partial charge >= 0.3 is 0 Å². The number of hydrogen-bond donors (Lipinski definition) is 2. The molecule has 0 bridgehead atoms. The van der Waals surface area contributed by atoms with E-state index in [1.54, 1.807) is 21.5 Å². The van der Waals surface area contributed by atoms with Crippen LogP contribution in [0.5, 0.6) is 0 Å². The third kappa shape index (κ3) is 1.97. The number of nitrogens with zero attached hydrogens (tertiary/aromatic N) is 8. The number of hydrazine groups is 1. The largest absolute Gasteiger partial charge is 0.267 e. The molecule has 0 unspecified atom stereocenters. The predicted octanol–water partition coefficient (Wildman–Crippen LogP) is 0.618. The van der Waals surface area contributed by atoms with Gasteiger partial charge in [0.1, 0.15) is 12.7 Å². The molecule has 2 N–H and O–H groups in total. The highest BCUT2D eigenvalue weighted by molar-refractivity contribution is 5.50. The van der Waals surface area contributed by atoms with Gasteiger partial charge in [0.2, 0.25) is 11.9 Å². The zero-order valence-corrected chi connectivity index (χ0v) is 11.9. The summed E-state index contributed by atoms with van der Waals surface area (Å²) in [6.45, 7) is 3.78. The molecule has 0 radical (unpaired) electrons. The minimum Gasteiger partial charge on any atom is -0.267 e. The molecule has 10 nitrogen and oxygen atoms in total. The molecule has 0 aliphatic carbocycles. The van der Waals surface area contributed by atoms with E-state index < -0.39 is 0 Å². The molecule has 4 aromatic heterocycles. The quantitative estimate of drug-likeness (QED) is 0.529. The van der Waals surface area contributed by atoms with Gasteiger partial charge in [0.15, 0.2) is 11.3 Å². The molecule has 0 aromatic carbocycles. The van der Waals surface area contributed by atoms with Crippen molar-refractivity contribution in [2.24, 2.45) is 0 Å². The highest BCUT2D eigenvalue weighted by Gasteiger charge is 2.08. The lowest BCUT2D eigenvalue weighted by atomic mass is 10.4. The van der Waals surface area contributed by atoms with Crippen LogP contribution in [0.2, 0.25) is 0 Å². The summed E-state index contributed by atoms with van der Waals surface area (Å²) in [4.78, 5) is 8.84. The first-order valence-corrected chi connectivity index (χ1v) is 6.57. The Morgan fingerprint density at radius 1 is 0.773 bits per heavy atom. The van der Waals surface area contributed by atoms with E-state index >= 15 is 0 Å². The SMILES string of the molecule is Cc1cc2nncn2c(NNc2nc(C)cc3nncn23)n1. The Bertz CT molecular complexity index is 889. The summed E-state index contributed by atoms with van der Waals surface area (Å²) in [5, 5.41) is 15.8. The molecule has 4 rings (SSSR count). The maximum atomic E-state index is 4.42. The maximum absolute atomic E-state index is 4.42. The second-order valence-corrected chi connectivity index (χ2v) is 4.81. The number of aromatic nitrogens is 8. The minimum atomic E-state index is 0.560. The third-order valence-corrected chi connectivity index (χ3v) is 3.13. The molecule has 0 saturated carbocycles. The highest BCUT2D eigenvalue weighted by Crippen LogP contribution is 2.12. The monoisotopic (exact) mass is 296 g/mol. The molecular weight excluding hydrogens is 284 g/mol.